The molecule has 1 heterocycles. The van der Waals surface area contributed by atoms with Crippen molar-refractivity contribution in [3.63, 3.8) is 0 Å². The van der Waals surface area contributed by atoms with Gasteiger partial charge < -0.3 is 9.84 Å². The van der Waals surface area contributed by atoms with Crippen LogP contribution in [0.15, 0.2) is 41.4 Å². The molecule has 5 heteroatoms. The molecule has 22 heavy (non-hydrogen) atoms. The van der Waals surface area contributed by atoms with Crippen LogP contribution >= 0.6 is 0 Å². The maximum Gasteiger partial charge on any atom is 0.337 e. The van der Waals surface area contributed by atoms with E-state index in [9.17, 15) is 14.7 Å². The van der Waals surface area contributed by atoms with Gasteiger partial charge in [0.15, 0.2) is 6.29 Å². The van der Waals surface area contributed by atoms with Gasteiger partial charge in [-0.1, -0.05) is 12.1 Å². The first-order chi connectivity index (χ1) is 10.6. The average molecular weight is 295 g/mol. The summed E-state index contributed by atoms with van der Waals surface area (Å²) in [5.41, 5.74) is 3.81. The van der Waals surface area contributed by atoms with Gasteiger partial charge in [-0.2, -0.15) is 0 Å². The fourth-order valence-electron chi connectivity index (χ4n) is 2.50. The summed E-state index contributed by atoms with van der Waals surface area (Å²) in [5, 5.41) is 9.72. The van der Waals surface area contributed by atoms with Gasteiger partial charge in [0, 0.05) is 6.42 Å². The van der Waals surface area contributed by atoms with E-state index in [-0.39, 0.29) is 11.3 Å². The highest BCUT2D eigenvalue weighted by Gasteiger charge is 2.21. The van der Waals surface area contributed by atoms with Crippen LogP contribution < -0.4 is 0 Å². The number of aldehydes is 1. The van der Waals surface area contributed by atoms with E-state index < -0.39 is 5.97 Å². The van der Waals surface area contributed by atoms with Gasteiger partial charge in [-0.15, -0.1) is 0 Å². The quantitative estimate of drug-likeness (QED) is 0.697. The molecule has 0 bridgehead atoms. The summed E-state index contributed by atoms with van der Waals surface area (Å²) in [6, 6.07) is 10.1. The molecule has 110 valence electrons. The fourth-order valence-corrected chi connectivity index (χ4v) is 2.50. The zero-order chi connectivity index (χ0) is 15.7. The Bertz CT molecular complexity index is 791. The van der Waals surface area contributed by atoms with Gasteiger partial charge in [0.05, 0.1) is 29.6 Å². The molecule has 0 unspecified atom stereocenters. The second kappa shape index (κ2) is 5.44. The van der Waals surface area contributed by atoms with Crippen LogP contribution in [-0.2, 0) is 11.2 Å². The van der Waals surface area contributed by atoms with Crippen molar-refractivity contribution in [3.05, 3.63) is 58.7 Å². The number of rotatable bonds is 3. The van der Waals surface area contributed by atoms with E-state index in [4.69, 9.17) is 0 Å². The molecule has 2 aromatic carbocycles. The standard InChI is InChI=1S/C17H13NO4/c1-22-17(21)11-4-2-10(3-5-11)15-8-12-13(9-19)16(20)7-6-14(12)18-15/h2-7,9,20H,8H2,1H3. The molecule has 0 atom stereocenters. The lowest BCUT2D eigenvalue weighted by Crippen LogP contribution is -2.04. The lowest BCUT2D eigenvalue weighted by molar-refractivity contribution is 0.0600. The number of hydrogen-bond donors (Lipinski definition) is 1. The number of methoxy groups -OCH3 is 1. The zero-order valence-corrected chi connectivity index (χ0v) is 11.9. The van der Waals surface area contributed by atoms with Gasteiger partial charge >= 0.3 is 5.97 Å². The average Bonchev–Trinajstić information content (AvgIpc) is 2.98. The Balaban J connectivity index is 1.92. The number of phenols is 1. The summed E-state index contributed by atoms with van der Waals surface area (Å²) in [5.74, 6) is -0.428. The largest absolute Gasteiger partial charge is 0.507 e. The molecule has 0 saturated carbocycles. The number of nitrogens with zero attached hydrogens (tertiary/aromatic N) is 1. The van der Waals surface area contributed by atoms with Crippen molar-refractivity contribution in [1.29, 1.82) is 0 Å². The third kappa shape index (κ3) is 2.26. The maximum absolute atomic E-state index is 11.4. The fraction of sp³-hybridized carbons (Fsp3) is 0.118. The molecule has 0 aromatic heterocycles. The lowest BCUT2D eigenvalue weighted by atomic mass is 9.99. The molecule has 0 aliphatic carbocycles. The third-order valence-corrected chi connectivity index (χ3v) is 3.67. The number of hydrogen-bond acceptors (Lipinski definition) is 5. The predicted octanol–water partition coefficient (Wildman–Crippen LogP) is 2.67. The predicted molar refractivity (Wildman–Crippen MR) is 81.2 cm³/mol. The molecular formula is C17H13NO4. The molecule has 1 aliphatic rings. The highest BCUT2D eigenvalue weighted by atomic mass is 16.5. The number of benzene rings is 2. The second-order valence-corrected chi connectivity index (χ2v) is 4.92. The number of fused-ring (bicyclic) bond motifs is 1. The second-order valence-electron chi connectivity index (χ2n) is 4.92. The number of esters is 1. The highest BCUT2D eigenvalue weighted by Crippen LogP contribution is 2.35. The molecule has 2 aromatic rings. The SMILES string of the molecule is COC(=O)c1ccc(C2=Nc3ccc(O)c(C=O)c3C2)cc1. The lowest BCUT2D eigenvalue weighted by Gasteiger charge is -2.04. The number of phenolic OH excluding ortho intramolecular Hbond substituents is 1. The van der Waals surface area contributed by atoms with Gasteiger partial charge in [-0.25, -0.2) is 4.79 Å². The minimum Gasteiger partial charge on any atom is -0.507 e. The zero-order valence-electron chi connectivity index (χ0n) is 11.9. The van der Waals surface area contributed by atoms with Crippen molar-refractivity contribution in [2.75, 3.05) is 7.11 Å². The van der Waals surface area contributed by atoms with Crippen LogP contribution in [0, 0.1) is 0 Å². The van der Waals surface area contributed by atoms with E-state index in [1.807, 2.05) is 0 Å². The summed E-state index contributed by atoms with van der Waals surface area (Å²) < 4.78 is 4.66. The van der Waals surface area contributed by atoms with Gasteiger partial charge in [-0.05, 0) is 35.4 Å². The Morgan fingerprint density at radius 1 is 1.23 bits per heavy atom. The van der Waals surface area contributed by atoms with Crippen LogP contribution in [0.1, 0.15) is 31.8 Å². The van der Waals surface area contributed by atoms with Crippen molar-refractivity contribution < 1.29 is 19.4 Å². The summed E-state index contributed by atoms with van der Waals surface area (Å²) in [4.78, 5) is 27.0. The molecule has 0 spiro atoms. The summed E-state index contributed by atoms with van der Waals surface area (Å²) >= 11 is 0. The minimum absolute atomic E-state index is 0.0359. The first-order valence-electron chi connectivity index (χ1n) is 6.70. The third-order valence-electron chi connectivity index (χ3n) is 3.67. The first-order valence-corrected chi connectivity index (χ1v) is 6.70. The topological polar surface area (TPSA) is 76.0 Å². The summed E-state index contributed by atoms with van der Waals surface area (Å²) in [6.45, 7) is 0. The number of carbonyl (C=O) groups is 2. The molecule has 0 saturated heterocycles. The Morgan fingerprint density at radius 3 is 2.59 bits per heavy atom. The number of aromatic hydroxyl groups is 1. The van der Waals surface area contributed by atoms with Crippen LogP contribution in [0.25, 0.3) is 0 Å². The van der Waals surface area contributed by atoms with Gasteiger partial charge in [0.2, 0.25) is 0 Å². The van der Waals surface area contributed by atoms with Crippen molar-refractivity contribution in [1.82, 2.24) is 0 Å². The summed E-state index contributed by atoms with van der Waals surface area (Å²) in [6.07, 6.45) is 1.11. The maximum atomic E-state index is 11.4. The first kappa shape index (κ1) is 14.0. The Morgan fingerprint density at radius 2 is 1.95 bits per heavy atom. The summed E-state index contributed by atoms with van der Waals surface area (Å²) in [7, 11) is 1.33. The van der Waals surface area contributed by atoms with E-state index in [1.165, 1.54) is 13.2 Å². The highest BCUT2D eigenvalue weighted by molar-refractivity contribution is 6.08. The van der Waals surface area contributed by atoms with Crippen molar-refractivity contribution in [3.8, 4) is 5.75 Å². The number of carbonyl (C=O) groups excluding carboxylic acids is 2. The molecule has 0 fully saturated rings. The molecular weight excluding hydrogens is 282 g/mol. The van der Waals surface area contributed by atoms with Gasteiger partial charge in [0.1, 0.15) is 5.75 Å². The van der Waals surface area contributed by atoms with E-state index in [0.29, 0.717) is 24.0 Å². The molecule has 3 rings (SSSR count). The van der Waals surface area contributed by atoms with Gasteiger partial charge in [-0.3, -0.25) is 9.79 Å². The van der Waals surface area contributed by atoms with Gasteiger partial charge in [0.25, 0.3) is 0 Å². The smallest absolute Gasteiger partial charge is 0.337 e. The van der Waals surface area contributed by atoms with Crippen molar-refractivity contribution in [2.45, 2.75) is 6.42 Å². The molecule has 1 aliphatic heterocycles. The Kier molecular flexibility index (Phi) is 3.47. The number of ether oxygens (including phenoxy) is 1. The van der Waals surface area contributed by atoms with Crippen LogP contribution in [0.5, 0.6) is 5.75 Å². The molecule has 0 amide bonds. The minimum atomic E-state index is -0.392. The van der Waals surface area contributed by atoms with Crippen LogP contribution in [0.4, 0.5) is 5.69 Å². The molecule has 5 nitrogen and oxygen atoms in total. The van der Waals surface area contributed by atoms with Crippen LogP contribution in [-0.4, -0.2) is 30.2 Å². The number of aliphatic imine (C=N–C) groups is 1. The van der Waals surface area contributed by atoms with Crippen LogP contribution in [0.3, 0.4) is 0 Å². The van der Waals surface area contributed by atoms with Crippen LogP contribution in [0.2, 0.25) is 0 Å². The van der Waals surface area contributed by atoms with E-state index in [1.54, 1.807) is 30.3 Å². The van der Waals surface area contributed by atoms with Crippen molar-refractivity contribution >= 4 is 23.7 Å². The van der Waals surface area contributed by atoms with E-state index in [0.717, 1.165) is 16.8 Å². The van der Waals surface area contributed by atoms with E-state index >= 15 is 0 Å². The normalized spacial score (nSPS) is 12.5. The molecule has 0 radical (unpaired) electrons. The monoisotopic (exact) mass is 295 g/mol. The molecule has 1 N–H and O–H groups in total. The Hall–Kier alpha value is -2.95. The van der Waals surface area contributed by atoms with Crippen molar-refractivity contribution in [2.24, 2.45) is 4.99 Å². The van der Waals surface area contributed by atoms with E-state index in [2.05, 4.69) is 9.73 Å². The Labute approximate surface area is 126 Å².